The van der Waals surface area contributed by atoms with Crippen LogP contribution in [-0.2, 0) is 13.6 Å². The number of aromatic nitrogens is 2. The van der Waals surface area contributed by atoms with Crippen LogP contribution >= 0.6 is 27.3 Å². The normalized spacial score (nSPS) is 15.3. The molecule has 0 aromatic carbocycles. The maximum absolute atomic E-state index is 4.62. The molecule has 1 saturated carbocycles. The van der Waals surface area contributed by atoms with Crippen molar-refractivity contribution in [3.05, 3.63) is 26.5 Å². The minimum atomic E-state index is 0.730. The van der Waals surface area contributed by atoms with E-state index in [4.69, 9.17) is 0 Å². The Labute approximate surface area is 119 Å². The second kappa shape index (κ2) is 4.79. The summed E-state index contributed by atoms with van der Waals surface area (Å²) in [5.74, 6) is 0. The molecular formula is C13H16BrN3S. The Morgan fingerprint density at radius 2 is 2.33 bits per heavy atom. The number of hydrogen-bond acceptors (Lipinski definition) is 3. The highest BCUT2D eigenvalue weighted by Crippen LogP contribution is 2.35. The summed E-state index contributed by atoms with van der Waals surface area (Å²) in [6.07, 6.45) is 4.76. The summed E-state index contributed by atoms with van der Waals surface area (Å²) in [6, 6.07) is 2.90. The fourth-order valence-corrected chi connectivity index (χ4v) is 3.81. The second-order valence-corrected chi connectivity index (χ2v) is 7.49. The van der Waals surface area contributed by atoms with Gasteiger partial charge in [0.1, 0.15) is 0 Å². The van der Waals surface area contributed by atoms with Gasteiger partial charge in [0, 0.05) is 41.8 Å². The first kappa shape index (κ1) is 12.4. The third-order valence-electron chi connectivity index (χ3n) is 3.21. The summed E-state index contributed by atoms with van der Waals surface area (Å²) >= 11 is 5.32. The Balaban J connectivity index is 1.91. The van der Waals surface area contributed by atoms with Crippen molar-refractivity contribution >= 4 is 27.3 Å². The van der Waals surface area contributed by atoms with E-state index < -0.39 is 0 Å². The second-order valence-electron chi connectivity index (χ2n) is 4.85. The number of hydrogen-bond donors (Lipinski definition) is 1. The van der Waals surface area contributed by atoms with Gasteiger partial charge in [-0.25, -0.2) is 0 Å². The summed E-state index contributed by atoms with van der Waals surface area (Å²) in [6.45, 7) is 3.07. The van der Waals surface area contributed by atoms with Gasteiger partial charge in [-0.3, -0.25) is 4.68 Å². The maximum atomic E-state index is 4.62. The van der Waals surface area contributed by atoms with Gasteiger partial charge in [-0.2, -0.15) is 5.10 Å². The Morgan fingerprint density at radius 1 is 1.56 bits per heavy atom. The summed E-state index contributed by atoms with van der Waals surface area (Å²) in [4.78, 5) is 1.31. The monoisotopic (exact) mass is 325 g/mol. The molecule has 3 rings (SSSR count). The minimum absolute atomic E-state index is 0.730. The van der Waals surface area contributed by atoms with Gasteiger partial charge < -0.3 is 5.32 Å². The molecule has 0 aliphatic heterocycles. The highest BCUT2D eigenvalue weighted by molar-refractivity contribution is 9.11. The predicted molar refractivity (Wildman–Crippen MR) is 78.8 cm³/mol. The van der Waals surface area contributed by atoms with E-state index in [1.54, 1.807) is 11.3 Å². The van der Waals surface area contributed by atoms with E-state index in [1.165, 1.54) is 32.6 Å². The average Bonchev–Trinajstić information content (AvgIpc) is 2.98. The fraction of sp³-hybridized carbons (Fsp3) is 0.462. The summed E-state index contributed by atoms with van der Waals surface area (Å²) in [5, 5.41) is 8.18. The molecule has 5 heteroatoms. The van der Waals surface area contributed by atoms with Crippen LogP contribution in [0.2, 0.25) is 0 Å². The van der Waals surface area contributed by atoms with Crippen molar-refractivity contribution in [2.75, 3.05) is 0 Å². The van der Waals surface area contributed by atoms with Crippen molar-refractivity contribution in [1.82, 2.24) is 15.1 Å². The van der Waals surface area contributed by atoms with E-state index in [-0.39, 0.29) is 0 Å². The van der Waals surface area contributed by atoms with Crippen molar-refractivity contribution in [3.63, 3.8) is 0 Å². The van der Waals surface area contributed by atoms with Crippen molar-refractivity contribution in [2.45, 2.75) is 32.4 Å². The fourth-order valence-electron chi connectivity index (χ4n) is 2.12. The number of aryl methyl sites for hydroxylation is 2. The molecule has 0 unspecified atom stereocenters. The molecule has 0 radical (unpaired) electrons. The number of thiophene rings is 1. The molecule has 0 saturated heterocycles. The molecule has 0 spiro atoms. The molecule has 0 bridgehead atoms. The van der Waals surface area contributed by atoms with Crippen molar-refractivity contribution in [2.24, 2.45) is 7.05 Å². The van der Waals surface area contributed by atoms with Crippen LogP contribution in [0.1, 0.15) is 23.3 Å². The summed E-state index contributed by atoms with van der Waals surface area (Å²) < 4.78 is 3.08. The lowest BCUT2D eigenvalue weighted by Crippen LogP contribution is -2.15. The first-order valence-electron chi connectivity index (χ1n) is 6.15. The zero-order chi connectivity index (χ0) is 12.7. The van der Waals surface area contributed by atoms with E-state index in [2.05, 4.69) is 45.5 Å². The largest absolute Gasteiger partial charge is 0.310 e. The molecule has 0 amide bonds. The number of rotatable bonds is 4. The van der Waals surface area contributed by atoms with Crippen molar-refractivity contribution in [3.8, 4) is 11.3 Å². The van der Waals surface area contributed by atoms with Gasteiger partial charge in [-0.1, -0.05) is 0 Å². The lowest BCUT2D eigenvalue weighted by atomic mass is 10.1. The SMILES string of the molecule is Cc1sc(Br)cc1-c1nn(C)cc1CNC1CC1. The van der Waals surface area contributed by atoms with E-state index in [9.17, 15) is 0 Å². The first-order valence-corrected chi connectivity index (χ1v) is 7.76. The van der Waals surface area contributed by atoms with Crippen LogP contribution < -0.4 is 5.32 Å². The number of nitrogens with one attached hydrogen (secondary N) is 1. The Kier molecular flexibility index (Phi) is 3.30. The quantitative estimate of drug-likeness (QED) is 0.932. The van der Waals surface area contributed by atoms with E-state index in [0.717, 1.165) is 18.3 Å². The third-order valence-corrected chi connectivity index (χ3v) is 4.76. The molecule has 2 heterocycles. The van der Waals surface area contributed by atoms with Crippen LogP contribution in [0.25, 0.3) is 11.3 Å². The van der Waals surface area contributed by atoms with Gasteiger partial charge in [0.15, 0.2) is 0 Å². The summed E-state index contributed by atoms with van der Waals surface area (Å²) in [5.41, 5.74) is 3.66. The predicted octanol–water partition coefficient (Wildman–Crippen LogP) is 3.47. The standard InChI is InChI=1S/C13H16BrN3S/c1-8-11(5-12(14)18-8)13-9(7-17(2)16-13)6-15-10-3-4-10/h5,7,10,15H,3-4,6H2,1-2H3. The third kappa shape index (κ3) is 2.53. The first-order chi connectivity index (χ1) is 8.63. The Morgan fingerprint density at radius 3 is 2.94 bits per heavy atom. The van der Waals surface area contributed by atoms with Gasteiger partial charge >= 0.3 is 0 Å². The maximum Gasteiger partial charge on any atom is 0.0979 e. The van der Waals surface area contributed by atoms with Crippen LogP contribution in [0.15, 0.2) is 16.0 Å². The van der Waals surface area contributed by atoms with Crippen LogP contribution in [0.5, 0.6) is 0 Å². The van der Waals surface area contributed by atoms with Crippen molar-refractivity contribution < 1.29 is 0 Å². The van der Waals surface area contributed by atoms with Gasteiger partial charge in [-0.15, -0.1) is 11.3 Å². The molecule has 3 nitrogen and oxygen atoms in total. The average molecular weight is 326 g/mol. The van der Waals surface area contributed by atoms with Crippen LogP contribution in [0.3, 0.4) is 0 Å². The summed E-state index contributed by atoms with van der Waals surface area (Å²) in [7, 11) is 1.99. The molecule has 1 aliphatic rings. The molecular weight excluding hydrogens is 310 g/mol. The topological polar surface area (TPSA) is 29.9 Å². The molecule has 2 aromatic rings. The molecule has 1 N–H and O–H groups in total. The van der Waals surface area contributed by atoms with Gasteiger partial charge in [-0.05, 0) is 41.8 Å². The molecule has 96 valence electrons. The van der Waals surface area contributed by atoms with Crippen LogP contribution in [0.4, 0.5) is 0 Å². The lowest BCUT2D eigenvalue weighted by Gasteiger charge is -2.03. The minimum Gasteiger partial charge on any atom is -0.310 e. The van der Waals surface area contributed by atoms with E-state index in [1.807, 2.05) is 11.7 Å². The molecule has 1 fully saturated rings. The van der Waals surface area contributed by atoms with Crippen LogP contribution in [0, 0.1) is 6.92 Å². The molecule has 1 aliphatic carbocycles. The Hall–Kier alpha value is -0.650. The van der Waals surface area contributed by atoms with E-state index in [0.29, 0.717) is 0 Å². The van der Waals surface area contributed by atoms with Gasteiger partial charge in [0.2, 0.25) is 0 Å². The van der Waals surface area contributed by atoms with E-state index >= 15 is 0 Å². The highest BCUT2D eigenvalue weighted by Gasteiger charge is 2.22. The number of nitrogens with zero attached hydrogens (tertiary/aromatic N) is 2. The van der Waals surface area contributed by atoms with Crippen molar-refractivity contribution in [1.29, 1.82) is 0 Å². The smallest absolute Gasteiger partial charge is 0.0979 e. The van der Waals surface area contributed by atoms with Gasteiger partial charge in [0.25, 0.3) is 0 Å². The number of halogens is 1. The van der Waals surface area contributed by atoms with Crippen LogP contribution in [-0.4, -0.2) is 15.8 Å². The highest BCUT2D eigenvalue weighted by atomic mass is 79.9. The Bertz CT molecular complexity index is 569. The molecule has 0 atom stereocenters. The zero-order valence-corrected chi connectivity index (χ0v) is 12.9. The zero-order valence-electron chi connectivity index (χ0n) is 10.5. The molecule has 18 heavy (non-hydrogen) atoms. The van der Waals surface area contributed by atoms with Gasteiger partial charge in [0.05, 0.1) is 9.48 Å². The molecule has 2 aromatic heterocycles. The lowest BCUT2D eigenvalue weighted by molar-refractivity contribution is 0.687.